The van der Waals surface area contributed by atoms with Crippen LogP contribution in [0, 0.1) is 11.3 Å². The summed E-state index contributed by atoms with van der Waals surface area (Å²) in [6.07, 6.45) is 6.91. The summed E-state index contributed by atoms with van der Waals surface area (Å²) in [4.78, 5) is 21.9. The van der Waals surface area contributed by atoms with Gasteiger partial charge >= 0.3 is 0 Å². The van der Waals surface area contributed by atoms with E-state index in [9.17, 15) is 18.5 Å². The molecule has 2 fully saturated rings. The maximum atomic E-state index is 12.9. The predicted molar refractivity (Wildman–Crippen MR) is 114 cm³/mol. The molecule has 2 aromatic heterocycles. The summed E-state index contributed by atoms with van der Waals surface area (Å²) < 4.78 is 27.3. The molecule has 1 aliphatic heterocycles. The van der Waals surface area contributed by atoms with E-state index in [0.29, 0.717) is 42.9 Å². The van der Waals surface area contributed by atoms with Crippen LogP contribution in [0.15, 0.2) is 17.1 Å². The number of anilines is 1. The first-order valence-corrected chi connectivity index (χ1v) is 12.1. The SMILES string of the molecule is CCS(=O)(=O)N1CCC(Nc2ncc3cc(C#N)c(=O)n(C4CCCC4)c3n2)CC1. The van der Waals surface area contributed by atoms with E-state index in [2.05, 4.69) is 15.3 Å². The number of aromatic nitrogens is 3. The van der Waals surface area contributed by atoms with Crippen molar-refractivity contribution in [1.29, 1.82) is 5.26 Å². The van der Waals surface area contributed by atoms with Crippen LogP contribution in [0.1, 0.15) is 57.1 Å². The van der Waals surface area contributed by atoms with Gasteiger partial charge in [0.25, 0.3) is 5.56 Å². The number of nitriles is 1. The third-order valence-electron chi connectivity index (χ3n) is 6.13. The van der Waals surface area contributed by atoms with Gasteiger partial charge in [0.05, 0.1) is 5.75 Å². The van der Waals surface area contributed by atoms with Crippen molar-refractivity contribution in [3.63, 3.8) is 0 Å². The summed E-state index contributed by atoms with van der Waals surface area (Å²) in [7, 11) is -3.16. The van der Waals surface area contributed by atoms with Crippen molar-refractivity contribution in [2.24, 2.45) is 0 Å². The fraction of sp³-hybridized carbons (Fsp3) is 0.600. The van der Waals surface area contributed by atoms with Crippen LogP contribution in [0.5, 0.6) is 0 Å². The molecule has 2 aromatic rings. The van der Waals surface area contributed by atoms with E-state index in [0.717, 1.165) is 25.7 Å². The van der Waals surface area contributed by atoms with Gasteiger partial charge in [-0.15, -0.1) is 0 Å². The molecule has 0 spiro atoms. The number of hydrogen-bond donors (Lipinski definition) is 1. The van der Waals surface area contributed by atoms with Crippen LogP contribution < -0.4 is 10.9 Å². The van der Waals surface area contributed by atoms with Crippen molar-refractivity contribution < 1.29 is 8.42 Å². The van der Waals surface area contributed by atoms with Crippen molar-refractivity contribution in [2.45, 2.75) is 57.5 Å². The average Bonchev–Trinajstić information content (AvgIpc) is 3.28. The van der Waals surface area contributed by atoms with Crippen LogP contribution in [0.2, 0.25) is 0 Å². The number of piperidine rings is 1. The highest BCUT2D eigenvalue weighted by Crippen LogP contribution is 2.30. The molecule has 2 aliphatic rings. The Balaban J connectivity index is 1.60. The van der Waals surface area contributed by atoms with E-state index in [1.54, 1.807) is 23.8 Å². The van der Waals surface area contributed by atoms with Crippen molar-refractivity contribution in [1.82, 2.24) is 18.8 Å². The second-order valence-electron chi connectivity index (χ2n) is 7.97. The van der Waals surface area contributed by atoms with Gasteiger partial charge in [-0.1, -0.05) is 12.8 Å². The van der Waals surface area contributed by atoms with E-state index >= 15 is 0 Å². The first-order valence-electron chi connectivity index (χ1n) is 10.5. The fourth-order valence-corrected chi connectivity index (χ4v) is 5.55. The van der Waals surface area contributed by atoms with Crippen LogP contribution in [-0.2, 0) is 10.0 Å². The van der Waals surface area contributed by atoms with E-state index in [1.165, 1.54) is 4.31 Å². The zero-order chi connectivity index (χ0) is 21.3. The van der Waals surface area contributed by atoms with E-state index in [-0.39, 0.29) is 29.0 Å². The van der Waals surface area contributed by atoms with Crippen LogP contribution in [-0.4, -0.2) is 52.1 Å². The van der Waals surface area contributed by atoms with Crippen LogP contribution in [0.3, 0.4) is 0 Å². The first-order chi connectivity index (χ1) is 14.4. The third-order valence-corrected chi connectivity index (χ3v) is 8.01. The Bertz CT molecular complexity index is 1140. The molecule has 0 amide bonds. The molecule has 0 atom stereocenters. The molecule has 0 radical (unpaired) electrons. The standard InChI is InChI=1S/C20H26N6O3S/c1-2-30(28,29)25-9-7-16(8-10-25)23-20-22-13-15-11-14(12-21)19(27)26(18(15)24-20)17-5-3-4-6-17/h11,13,16-17H,2-10H2,1H3,(H,22,23,24). The Morgan fingerprint density at radius 1 is 1.23 bits per heavy atom. The van der Waals surface area contributed by atoms with Crippen molar-refractivity contribution >= 4 is 27.0 Å². The normalized spacial score (nSPS) is 19.2. The lowest BCUT2D eigenvalue weighted by molar-refractivity contribution is 0.329. The monoisotopic (exact) mass is 430 g/mol. The van der Waals surface area contributed by atoms with Gasteiger partial charge in [0, 0.05) is 36.8 Å². The van der Waals surface area contributed by atoms with Gasteiger partial charge in [-0.3, -0.25) is 9.36 Å². The summed E-state index contributed by atoms with van der Waals surface area (Å²) >= 11 is 0. The van der Waals surface area contributed by atoms with Gasteiger partial charge in [0.1, 0.15) is 17.3 Å². The second kappa shape index (κ2) is 8.32. The Hall–Kier alpha value is -2.51. The lowest BCUT2D eigenvalue weighted by Gasteiger charge is -2.31. The first kappa shape index (κ1) is 20.8. The zero-order valence-corrected chi connectivity index (χ0v) is 17.9. The highest BCUT2D eigenvalue weighted by atomic mass is 32.2. The minimum atomic E-state index is -3.16. The van der Waals surface area contributed by atoms with Gasteiger partial charge in [-0.2, -0.15) is 10.2 Å². The predicted octanol–water partition coefficient (Wildman–Crippen LogP) is 2.00. The maximum absolute atomic E-state index is 12.9. The summed E-state index contributed by atoms with van der Waals surface area (Å²) in [6.45, 7) is 2.60. The van der Waals surface area contributed by atoms with Crippen molar-refractivity contribution in [3.05, 3.63) is 28.2 Å². The molecule has 1 saturated carbocycles. The molecule has 4 rings (SSSR count). The van der Waals surface area contributed by atoms with Gasteiger partial charge in [-0.05, 0) is 38.7 Å². The quantitative estimate of drug-likeness (QED) is 0.770. The Morgan fingerprint density at radius 3 is 2.57 bits per heavy atom. The molecular weight excluding hydrogens is 404 g/mol. The van der Waals surface area contributed by atoms with E-state index < -0.39 is 10.0 Å². The fourth-order valence-electron chi connectivity index (χ4n) is 4.41. The topological polar surface area (TPSA) is 121 Å². The number of pyridine rings is 1. The molecule has 1 N–H and O–H groups in total. The number of rotatable bonds is 5. The molecule has 3 heterocycles. The van der Waals surface area contributed by atoms with Gasteiger partial charge in [-0.25, -0.2) is 17.7 Å². The highest BCUT2D eigenvalue weighted by molar-refractivity contribution is 7.89. The average molecular weight is 431 g/mol. The van der Waals surface area contributed by atoms with Gasteiger partial charge < -0.3 is 5.32 Å². The van der Waals surface area contributed by atoms with Crippen molar-refractivity contribution in [2.75, 3.05) is 24.2 Å². The van der Waals surface area contributed by atoms with Crippen LogP contribution >= 0.6 is 0 Å². The minimum Gasteiger partial charge on any atom is -0.351 e. The smallest absolute Gasteiger partial charge is 0.270 e. The largest absolute Gasteiger partial charge is 0.351 e. The second-order valence-corrected chi connectivity index (χ2v) is 10.2. The summed E-state index contributed by atoms with van der Waals surface area (Å²) in [6, 6.07) is 3.67. The molecule has 1 saturated heterocycles. The van der Waals surface area contributed by atoms with E-state index in [1.807, 2.05) is 6.07 Å². The van der Waals surface area contributed by atoms with Crippen molar-refractivity contribution in [3.8, 4) is 6.07 Å². The molecule has 1 aliphatic carbocycles. The molecule has 160 valence electrons. The van der Waals surface area contributed by atoms with Crippen LogP contribution in [0.4, 0.5) is 5.95 Å². The zero-order valence-electron chi connectivity index (χ0n) is 17.0. The third kappa shape index (κ3) is 3.91. The maximum Gasteiger partial charge on any atom is 0.270 e. The molecule has 10 heteroatoms. The molecular formula is C20H26N6O3S. The lowest BCUT2D eigenvalue weighted by atomic mass is 10.1. The minimum absolute atomic E-state index is 0.0542. The summed E-state index contributed by atoms with van der Waals surface area (Å²) in [5.41, 5.74) is 0.372. The Labute approximate surface area is 175 Å². The molecule has 0 unspecified atom stereocenters. The van der Waals surface area contributed by atoms with E-state index in [4.69, 9.17) is 0 Å². The Kier molecular flexibility index (Phi) is 5.75. The number of nitrogens with zero attached hydrogens (tertiary/aromatic N) is 5. The van der Waals surface area contributed by atoms with Gasteiger partial charge in [0.15, 0.2) is 0 Å². The molecule has 9 nitrogen and oxygen atoms in total. The molecule has 0 aromatic carbocycles. The summed E-state index contributed by atoms with van der Waals surface area (Å²) in [5.74, 6) is 0.539. The summed E-state index contributed by atoms with van der Waals surface area (Å²) in [5, 5.41) is 13.3. The number of hydrogen-bond acceptors (Lipinski definition) is 7. The number of fused-ring (bicyclic) bond motifs is 1. The van der Waals surface area contributed by atoms with Crippen LogP contribution in [0.25, 0.3) is 11.0 Å². The lowest BCUT2D eigenvalue weighted by Crippen LogP contribution is -2.43. The number of nitrogens with one attached hydrogen (secondary N) is 1. The highest BCUT2D eigenvalue weighted by Gasteiger charge is 2.27. The molecule has 30 heavy (non-hydrogen) atoms. The molecule has 0 bridgehead atoms. The number of sulfonamides is 1. The van der Waals surface area contributed by atoms with Gasteiger partial charge in [0.2, 0.25) is 16.0 Å². The Morgan fingerprint density at radius 2 is 1.93 bits per heavy atom.